The minimum atomic E-state index is -4.52. The second-order valence-corrected chi connectivity index (χ2v) is 5.23. The average molecular weight is 370 g/mol. The van der Waals surface area contributed by atoms with Gasteiger partial charge in [-0.2, -0.15) is 13.2 Å². The highest BCUT2D eigenvalue weighted by Crippen LogP contribution is 2.25. The van der Waals surface area contributed by atoms with Gasteiger partial charge < -0.3 is 15.6 Å². The summed E-state index contributed by atoms with van der Waals surface area (Å²) in [5, 5.41) is 4.76. The average Bonchev–Trinajstić information content (AvgIpc) is 3.07. The van der Waals surface area contributed by atoms with Crippen LogP contribution in [0.3, 0.4) is 0 Å². The van der Waals surface area contributed by atoms with Crippen molar-refractivity contribution in [1.29, 1.82) is 0 Å². The molecular formula is C15H14F4N6O. The first kappa shape index (κ1) is 17.6. The number of aromatic amines is 1. The number of carbonyl (C=O) groups is 1. The van der Waals surface area contributed by atoms with E-state index in [1.165, 1.54) is 6.20 Å². The van der Waals surface area contributed by atoms with Crippen LogP contribution in [0, 0.1) is 5.82 Å². The van der Waals surface area contributed by atoms with Gasteiger partial charge >= 0.3 is 6.18 Å². The quantitative estimate of drug-likeness (QED) is 0.600. The van der Waals surface area contributed by atoms with Crippen LogP contribution in [-0.2, 0) is 4.79 Å². The van der Waals surface area contributed by atoms with E-state index < -0.39 is 31.0 Å². The minimum Gasteiger partial charge on any atom is -0.358 e. The number of hydrogen-bond acceptors (Lipinski definition) is 5. The lowest BCUT2D eigenvalue weighted by atomic mass is 10.2. The Morgan fingerprint density at radius 1 is 1.27 bits per heavy atom. The van der Waals surface area contributed by atoms with Crippen molar-refractivity contribution < 1.29 is 23.8 Å². The fourth-order valence-corrected chi connectivity index (χ4v) is 2.20. The zero-order valence-electron chi connectivity index (χ0n) is 13.1. The fraction of sp³-hybridized carbons (Fsp3) is 0.200. The molecule has 3 N–H and O–H groups in total. The van der Waals surface area contributed by atoms with Gasteiger partial charge in [0.1, 0.15) is 12.2 Å². The molecule has 0 aliphatic heterocycles. The van der Waals surface area contributed by atoms with Crippen molar-refractivity contribution in [3.05, 3.63) is 36.5 Å². The van der Waals surface area contributed by atoms with Crippen LogP contribution in [0.15, 0.2) is 30.7 Å². The summed E-state index contributed by atoms with van der Waals surface area (Å²) in [5.74, 6) is -1.90. The summed E-state index contributed by atoms with van der Waals surface area (Å²) in [5.41, 5.74) is 1.18. The molecule has 0 aromatic carbocycles. The van der Waals surface area contributed by atoms with Crippen LogP contribution in [0.4, 0.5) is 23.4 Å². The zero-order valence-corrected chi connectivity index (χ0v) is 13.1. The van der Waals surface area contributed by atoms with E-state index in [2.05, 4.69) is 25.3 Å². The van der Waals surface area contributed by atoms with Crippen LogP contribution in [-0.4, -0.2) is 45.1 Å². The second-order valence-electron chi connectivity index (χ2n) is 5.23. The van der Waals surface area contributed by atoms with Gasteiger partial charge in [-0.25, -0.2) is 19.3 Å². The van der Waals surface area contributed by atoms with Crippen molar-refractivity contribution in [3.63, 3.8) is 0 Å². The number of pyridine rings is 1. The molecule has 1 amide bonds. The second kappa shape index (κ2) is 6.94. The fourth-order valence-electron chi connectivity index (χ4n) is 2.20. The Morgan fingerprint density at radius 3 is 2.85 bits per heavy atom. The van der Waals surface area contributed by atoms with Crippen LogP contribution in [0.2, 0.25) is 0 Å². The molecule has 0 aliphatic rings. The number of fused-ring (bicyclic) bond motifs is 1. The predicted molar refractivity (Wildman–Crippen MR) is 86.7 cm³/mol. The van der Waals surface area contributed by atoms with Gasteiger partial charge in [-0.1, -0.05) is 0 Å². The standard InChI is InChI=1S/C15H12F4N6O.H2/c16-10-5-22-13(9-2-4-21-12-8(9)1-3-20-12)25-14(10)23-6-11(26)24-7-15(17,18)19;/h1-5H,6-7H2,(H,20,21)(H,24,26)(H,22,23,25);1H. The first-order chi connectivity index (χ1) is 12.3. The van der Waals surface area contributed by atoms with Gasteiger partial charge in [-0.05, 0) is 12.1 Å². The Morgan fingerprint density at radius 2 is 2.08 bits per heavy atom. The Hall–Kier alpha value is -3.24. The monoisotopic (exact) mass is 370 g/mol. The van der Waals surface area contributed by atoms with E-state index in [1.807, 2.05) is 0 Å². The summed E-state index contributed by atoms with van der Waals surface area (Å²) in [4.78, 5) is 26.4. The van der Waals surface area contributed by atoms with Gasteiger partial charge in [0.2, 0.25) is 5.91 Å². The van der Waals surface area contributed by atoms with Gasteiger partial charge in [0.05, 0.1) is 12.7 Å². The van der Waals surface area contributed by atoms with E-state index >= 15 is 0 Å². The lowest BCUT2D eigenvalue weighted by Crippen LogP contribution is -2.37. The third-order valence-electron chi connectivity index (χ3n) is 3.35. The number of rotatable bonds is 5. The molecule has 26 heavy (non-hydrogen) atoms. The van der Waals surface area contributed by atoms with Crippen molar-refractivity contribution in [1.82, 2.24) is 25.3 Å². The van der Waals surface area contributed by atoms with Crippen molar-refractivity contribution in [2.75, 3.05) is 18.4 Å². The molecule has 0 fully saturated rings. The van der Waals surface area contributed by atoms with Crippen molar-refractivity contribution in [2.45, 2.75) is 6.18 Å². The number of anilines is 1. The lowest BCUT2D eigenvalue weighted by Gasteiger charge is -2.10. The Bertz CT molecular complexity index is 945. The topological polar surface area (TPSA) is 95.6 Å². The maximum Gasteiger partial charge on any atom is 0.405 e. The summed E-state index contributed by atoms with van der Waals surface area (Å²) >= 11 is 0. The summed E-state index contributed by atoms with van der Waals surface area (Å²) < 4.78 is 50.0. The SMILES string of the molecule is O=C(CNc1nc(-c2ccnc3[nH]ccc23)ncc1F)NCC(F)(F)F.[HH]. The first-order valence-corrected chi connectivity index (χ1v) is 7.36. The van der Waals surface area contributed by atoms with Gasteiger partial charge in [-0.15, -0.1) is 0 Å². The van der Waals surface area contributed by atoms with Crippen LogP contribution < -0.4 is 10.6 Å². The molecule has 3 rings (SSSR count). The number of alkyl halides is 3. The molecule has 11 heteroatoms. The van der Waals surface area contributed by atoms with Crippen LogP contribution in [0.5, 0.6) is 0 Å². The normalized spacial score (nSPS) is 11.5. The molecule has 0 unspecified atom stereocenters. The first-order valence-electron chi connectivity index (χ1n) is 7.36. The largest absolute Gasteiger partial charge is 0.405 e. The highest BCUT2D eigenvalue weighted by atomic mass is 19.4. The number of H-pyrrole nitrogens is 1. The summed E-state index contributed by atoms with van der Waals surface area (Å²) in [6.45, 7) is -2.03. The highest BCUT2D eigenvalue weighted by Gasteiger charge is 2.27. The number of aromatic nitrogens is 4. The third-order valence-corrected chi connectivity index (χ3v) is 3.35. The maximum absolute atomic E-state index is 13.8. The summed E-state index contributed by atoms with van der Waals surface area (Å²) in [7, 11) is 0. The minimum absolute atomic E-state index is 0. The van der Waals surface area contributed by atoms with Crippen molar-refractivity contribution >= 4 is 22.8 Å². The lowest BCUT2D eigenvalue weighted by molar-refractivity contribution is -0.137. The molecule has 3 aromatic heterocycles. The predicted octanol–water partition coefficient (Wildman–Crippen LogP) is 2.50. The molecule has 0 spiro atoms. The van der Waals surface area contributed by atoms with Crippen LogP contribution in [0.1, 0.15) is 1.43 Å². The summed E-state index contributed by atoms with van der Waals surface area (Å²) in [6.07, 6.45) is -0.406. The molecule has 0 aliphatic carbocycles. The molecule has 3 aromatic rings. The van der Waals surface area contributed by atoms with Gasteiger partial charge in [-0.3, -0.25) is 4.79 Å². The molecule has 0 saturated carbocycles. The Balaban J connectivity index is 0.00000261. The van der Waals surface area contributed by atoms with Crippen LogP contribution in [0.25, 0.3) is 22.4 Å². The van der Waals surface area contributed by atoms with Crippen molar-refractivity contribution in [3.8, 4) is 11.4 Å². The Labute approximate surface area is 145 Å². The maximum atomic E-state index is 13.8. The van der Waals surface area contributed by atoms with E-state index in [1.54, 1.807) is 23.6 Å². The number of carbonyl (C=O) groups excluding carboxylic acids is 1. The number of hydrogen-bond donors (Lipinski definition) is 3. The smallest absolute Gasteiger partial charge is 0.358 e. The molecular weight excluding hydrogens is 356 g/mol. The van der Waals surface area contributed by atoms with Crippen molar-refractivity contribution in [2.24, 2.45) is 0 Å². The Kier molecular flexibility index (Phi) is 4.69. The number of nitrogens with one attached hydrogen (secondary N) is 3. The zero-order chi connectivity index (χ0) is 18.7. The van der Waals surface area contributed by atoms with Gasteiger partial charge in [0, 0.05) is 24.8 Å². The van der Waals surface area contributed by atoms with E-state index in [4.69, 9.17) is 0 Å². The third kappa shape index (κ3) is 4.05. The van der Waals surface area contributed by atoms with Gasteiger partial charge in [0.25, 0.3) is 0 Å². The number of nitrogens with zero attached hydrogens (tertiary/aromatic N) is 3. The highest BCUT2D eigenvalue weighted by molar-refractivity contribution is 5.91. The molecule has 0 atom stereocenters. The number of amides is 1. The van der Waals surface area contributed by atoms with E-state index in [0.29, 0.717) is 16.6 Å². The molecule has 0 saturated heterocycles. The summed E-state index contributed by atoms with van der Waals surface area (Å²) in [6, 6.07) is 3.39. The molecule has 0 radical (unpaired) electrons. The van der Waals surface area contributed by atoms with Crippen LogP contribution >= 0.6 is 0 Å². The van der Waals surface area contributed by atoms with E-state index in [9.17, 15) is 22.4 Å². The molecule has 3 heterocycles. The molecule has 0 bridgehead atoms. The van der Waals surface area contributed by atoms with E-state index in [0.717, 1.165) is 6.20 Å². The van der Waals surface area contributed by atoms with Gasteiger partial charge in [0.15, 0.2) is 17.5 Å². The number of halogens is 4. The van der Waals surface area contributed by atoms with E-state index in [-0.39, 0.29) is 13.1 Å². The molecule has 7 nitrogen and oxygen atoms in total. The molecule has 138 valence electrons.